The van der Waals surface area contributed by atoms with Crippen LogP contribution in [0.1, 0.15) is 71.4 Å². The molecule has 3 N–H and O–H groups in total. The number of carbonyl (C=O) groups is 2. The van der Waals surface area contributed by atoms with Crippen LogP contribution in [0, 0.1) is 0 Å². The van der Waals surface area contributed by atoms with Crippen LogP contribution >= 0.6 is 0 Å². The van der Waals surface area contributed by atoms with Crippen LogP contribution in [0.3, 0.4) is 0 Å². The van der Waals surface area contributed by atoms with Crippen LogP contribution in [0.5, 0.6) is 5.75 Å². The van der Waals surface area contributed by atoms with E-state index >= 15 is 0 Å². The third kappa shape index (κ3) is 2.47. The summed E-state index contributed by atoms with van der Waals surface area (Å²) in [7, 11) is 0. The number of anilines is 2. The molecule has 0 atom stereocenters. The molecular formula is C20H22N2O3. The van der Waals surface area contributed by atoms with Crippen LogP contribution in [-0.2, 0) is 0 Å². The number of fused-ring (bicyclic) bond motifs is 1. The zero-order valence-corrected chi connectivity index (χ0v) is 14.8. The molecule has 0 unspecified atom stereocenters. The van der Waals surface area contributed by atoms with Crippen LogP contribution in [0.15, 0.2) is 30.3 Å². The first-order valence-corrected chi connectivity index (χ1v) is 8.38. The lowest BCUT2D eigenvalue weighted by molar-refractivity contribution is 0.0925. The molecule has 0 bridgehead atoms. The maximum atomic E-state index is 13.0. The van der Waals surface area contributed by atoms with E-state index in [0.717, 1.165) is 11.1 Å². The molecule has 0 saturated heterocycles. The highest BCUT2D eigenvalue weighted by Crippen LogP contribution is 2.41. The van der Waals surface area contributed by atoms with Gasteiger partial charge in [0.05, 0.1) is 22.5 Å². The standard InChI is InChI=1S/C20H22N2O3/c1-10(2)12-6-5-7-13(11(3)4)18(12)22-19(24)14-8-9-15(23)17(21)16(14)20(22)25/h5-11,23H,21H2,1-4H3. The van der Waals surface area contributed by atoms with E-state index in [0.29, 0.717) is 5.69 Å². The summed E-state index contributed by atoms with van der Waals surface area (Å²) in [5, 5.41) is 9.82. The fraction of sp³-hybridized carbons (Fsp3) is 0.300. The first-order chi connectivity index (χ1) is 11.8. The van der Waals surface area contributed by atoms with Crippen molar-refractivity contribution in [1.29, 1.82) is 0 Å². The second-order valence-electron chi connectivity index (χ2n) is 6.96. The molecule has 5 nitrogen and oxygen atoms in total. The van der Waals surface area contributed by atoms with Gasteiger partial charge in [-0.1, -0.05) is 45.9 Å². The minimum atomic E-state index is -0.483. The monoisotopic (exact) mass is 338 g/mol. The molecule has 2 amide bonds. The Balaban J connectivity index is 2.27. The molecule has 25 heavy (non-hydrogen) atoms. The molecule has 3 rings (SSSR count). The normalized spacial score (nSPS) is 13.9. The number of nitrogens with zero attached hydrogens (tertiary/aromatic N) is 1. The first kappa shape index (κ1) is 17.0. The van der Waals surface area contributed by atoms with Gasteiger partial charge < -0.3 is 10.8 Å². The summed E-state index contributed by atoms with van der Waals surface area (Å²) in [5.74, 6) is -0.791. The predicted octanol–water partition coefficient (Wildman–Crippen LogP) is 4.02. The zero-order valence-electron chi connectivity index (χ0n) is 14.8. The van der Waals surface area contributed by atoms with Gasteiger partial charge in [-0.25, -0.2) is 4.90 Å². The van der Waals surface area contributed by atoms with E-state index in [-0.39, 0.29) is 34.4 Å². The molecule has 130 valence electrons. The van der Waals surface area contributed by atoms with E-state index in [1.54, 1.807) is 0 Å². The van der Waals surface area contributed by atoms with Gasteiger partial charge in [-0.05, 0) is 35.1 Å². The van der Waals surface area contributed by atoms with E-state index < -0.39 is 11.8 Å². The maximum Gasteiger partial charge on any atom is 0.268 e. The van der Waals surface area contributed by atoms with E-state index in [4.69, 9.17) is 5.73 Å². The van der Waals surface area contributed by atoms with Crippen LogP contribution < -0.4 is 10.6 Å². The Bertz CT molecular complexity index is 859. The van der Waals surface area contributed by atoms with Crippen molar-refractivity contribution >= 4 is 23.2 Å². The summed E-state index contributed by atoms with van der Waals surface area (Å²) in [6, 6.07) is 8.63. The largest absolute Gasteiger partial charge is 0.506 e. The number of benzene rings is 2. The van der Waals surface area contributed by atoms with E-state index in [2.05, 4.69) is 0 Å². The molecule has 0 radical (unpaired) electrons. The number of para-hydroxylation sites is 1. The van der Waals surface area contributed by atoms with Gasteiger partial charge in [0.25, 0.3) is 11.8 Å². The Labute approximate surface area is 147 Å². The van der Waals surface area contributed by atoms with E-state index in [9.17, 15) is 14.7 Å². The Kier molecular flexibility index (Phi) is 4.03. The van der Waals surface area contributed by atoms with Crippen LogP contribution in [-0.4, -0.2) is 16.9 Å². The van der Waals surface area contributed by atoms with Gasteiger partial charge in [0, 0.05) is 0 Å². The molecule has 1 heterocycles. The molecule has 0 aliphatic carbocycles. The van der Waals surface area contributed by atoms with Gasteiger partial charge in [-0.15, -0.1) is 0 Å². The number of carbonyl (C=O) groups excluding carboxylic acids is 2. The van der Waals surface area contributed by atoms with Crippen LogP contribution in [0.2, 0.25) is 0 Å². The number of phenolic OH excluding ortho intramolecular Hbond substituents is 1. The number of rotatable bonds is 3. The van der Waals surface area contributed by atoms with Crippen molar-refractivity contribution in [3.8, 4) is 5.75 Å². The van der Waals surface area contributed by atoms with Gasteiger partial charge in [0.1, 0.15) is 5.75 Å². The fourth-order valence-electron chi connectivity index (χ4n) is 3.31. The Morgan fingerprint density at radius 1 is 0.920 bits per heavy atom. The van der Waals surface area contributed by atoms with Crippen molar-refractivity contribution in [2.24, 2.45) is 0 Å². The fourth-order valence-corrected chi connectivity index (χ4v) is 3.31. The average molecular weight is 338 g/mol. The van der Waals surface area contributed by atoms with Gasteiger partial charge >= 0.3 is 0 Å². The van der Waals surface area contributed by atoms with Crippen molar-refractivity contribution < 1.29 is 14.7 Å². The molecule has 2 aromatic carbocycles. The highest BCUT2D eigenvalue weighted by molar-refractivity contribution is 6.36. The minimum absolute atomic E-state index is 0.0496. The number of hydrogen-bond acceptors (Lipinski definition) is 4. The van der Waals surface area contributed by atoms with E-state index in [1.165, 1.54) is 17.0 Å². The third-order valence-corrected chi connectivity index (χ3v) is 4.64. The summed E-state index contributed by atoms with van der Waals surface area (Å²) >= 11 is 0. The molecule has 0 aromatic heterocycles. The lowest BCUT2D eigenvalue weighted by atomic mass is 9.92. The van der Waals surface area contributed by atoms with Gasteiger partial charge in [-0.3, -0.25) is 9.59 Å². The predicted molar refractivity (Wildman–Crippen MR) is 98.3 cm³/mol. The van der Waals surface area contributed by atoms with Crippen molar-refractivity contribution in [2.45, 2.75) is 39.5 Å². The number of aromatic hydroxyl groups is 1. The molecule has 0 spiro atoms. The van der Waals surface area contributed by atoms with E-state index in [1.807, 2.05) is 45.9 Å². The van der Waals surface area contributed by atoms with Gasteiger partial charge in [-0.2, -0.15) is 0 Å². The highest BCUT2D eigenvalue weighted by atomic mass is 16.3. The Morgan fingerprint density at radius 2 is 1.48 bits per heavy atom. The van der Waals surface area contributed by atoms with Crippen molar-refractivity contribution in [1.82, 2.24) is 0 Å². The first-order valence-electron chi connectivity index (χ1n) is 8.38. The summed E-state index contributed by atoms with van der Waals surface area (Å²) in [6.45, 7) is 8.12. The molecule has 0 saturated carbocycles. The van der Waals surface area contributed by atoms with Crippen LogP contribution in [0.4, 0.5) is 11.4 Å². The molecule has 1 aliphatic rings. The SMILES string of the molecule is CC(C)c1cccc(C(C)C)c1N1C(=O)c2ccc(O)c(N)c2C1=O. The van der Waals surface area contributed by atoms with Crippen molar-refractivity contribution in [3.63, 3.8) is 0 Å². The Hall–Kier alpha value is -2.82. The number of nitrogens with two attached hydrogens (primary N) is 1. The summed E-state index contributed by atoms with van der Waals surface area (Å²) < 4.78 is 0. The lowest BCUT2D eigenvalue weighted by Gasteiger charge is -2.25. The topological polar surface area (TPSA) is 83.6 Å². The number of amides is 2. The summed E-state index contributed by atoms with van der Waals surface area (Å²) in [5.41, 5.74) is 8.64. The maximum absolute atomic E-state index is 13.0. The summed E-state index contributed by atoms with van der Waals surface area (Å²) in [6.07, 6.45) is 0. The molecule has 0 fully saturated rings. The van der Waals surface area contributed by atoms with Crippen LogP contribution in [0.25, 0.3) is 0 Å². The number of nitrogen functional groups attached to an aromatic ring is 1. The molecular weight excluding hydrogens is 316 g/mol. The summed E-state index contributed by atoms with van der Waals surface area (Å²) in [4.78, 5) is 27.2. The second kappa shape index (κ2) is 5.92. The highest BCUT2D eigenvalue weighted by Gasteiger charge is 2.41. The second-order valence-corrected chi connectivity index (χ2v) is 6.96. The number of phenols is 1. The third-order valence-electron chi connectivity index (χ3n) is 4.64. The molecule has 2 aromatic rings. The smallest absolute Gasteiger partial charge is 0.268 e. The van der Waals surface area contributed by atoms with Crippen molar-refractivity contribution in [3.05, 3.63) is 52.6 Å². The molecule has 5 heteroatoms. The van der Waals surface area contributed by atoms with Gasteiger partial charge in [0.2, 0.25) is 0 Å². The molecule has 1 aliphatic heterocycles. The Morgan fingerprint density at radius 3 is 2.00 bits per heavy atom. The minimum Gasteiger partial charge on any atom is -0.506 e. The number of hydrogen-bond donors (Lipinski definition) is 2. The average Bonchev–Trinajstić information content (AvgIpc) is 2.81. The zero-order chi connectivity index (χ0) is 18.5. The number of imide groups is 1. The van der Waals surface area contributed by atoms with Gasteiger partial charge in [0.15, 0.2) is 0 Å². The van der Waals surface area contributed by atoms with Crippen molar-refractivity contribution in [2.75, 3.05) is 10.6 Å². The lowest BCUT2D eigenvalue weighted by Crippen LogP contribution is -2.32. The quantitative estimate of drug-likeness (QED) is 0.503.